The van der Waals surface area contributed by atoms with Gasteiger partial charge in [0.15, 0.2) is 0 Å². The van der Waals surface area contributed by atoms with Crippen molar-refractivity contribution < 1.29 is 27.5 Å². The second kappa shape index (κ2) is 10.3. The van der Waals surface area contributed by atoms with Gasteiger partial charge in [-0.1, -0.05) is 19.6 Å². The van der Waals surface area contributed by atoms with Crippen molar-refractivity contribution in [2.24, 2.45) is 0 Å². The average Bonchev–Trinajstić information content (AvgIpc) is 2.46. The summed E-state index contributed by atoms with van der Waals surface area (Å²) >= 11 is 0. The van der Waals surface area contributed by atoms with Crippen LogP contribution in [0, 0.1) is 0 Å². The molecule has 1 aliphatic heterocycles. The fraction of sp³-hybridized carbons (Fsp3) is 0.905. The minimum Gasteiger partial charge on any atom is -0.459 e. The van der Waals surface area contributed by atoms with Gasteiger partial charge < -0.3 is 9.47 Å². The zero-order valence-electron chi connectivity index (χ0n) is 20.7. The lowest BCUT2D eigenvalue weighted by molar-refractivity contribution is -0.166. The van der Waals surface area contributed by atoms with Crippen LogP contribution in [0.2, 0.25) is 25.7 Å². The van der Waals surface area contributed by atoms with Gasteiger partial charge in [-0.25, -0.2) is 13.1 Å². The first-order valence-corrected chi connectivity index (χ1v) is 16.3. The highest BCUT2D eigenvalue weighted by atomic mass is 32.2. The number of nitrogens with one attached hydrogen (secondary N) is 1. The number of hydrogen-bond donors (Lipinski definition) is 1. The summed E-state index contributed by atoms with van der Waals surface area (Å²) in [7, 11) is -5.18. The molecule has 0 aromatic rings. The molecule has 31 heavy (non-hydrogen) atoms. The highest BCUT2D eigenvalue weighted by Crippen LogP contribution is 2.22. The number of likely N-dealkylation sites (tertiary alicyclic amines) is 1. The maximum absolute atomic E-state index is 12.7. The highest BCUT2D eigenvalue weighted by Gasteiger charge is 2.38. The van der Waals surface area contributed by atoms with E-state index in [0.717, 1.165) is 0 Å². The number of ether oxygens (including phenoxy) is 2. The minimum atomic E-state index is -3.63. The van der Waals surface area contributed by atoms with Crippen molar-refractivity contribution in [3.63, 3.8) is 0 Å². The maximum atomic E-state index is 12.7. The molecule has 1 N–H and O–H groups in total. The van der Waals surface area contributed by atoms with E-state index in [1.165, 1.54) is 0 Å². The molecule has 0 radical (unpaired) electrons. The summed E-state index contributed by atoms with van der Waals surface area (Å²) in [5.41, 5.74) is -1.29. The van der Waals surface area contributed by atoms with E-state index in [4.69, 9.17) is 9.47 Å². The van der Waals surface area contributed by atoms with Gasteiger partial charge >= 0.3 is 11.9 Å². The molecule has 10 heteroatoms. The summed E-state index contributed by atoms with van der Waals surface area (Å²) < 4.78 is 38.7. The van der Waals surface area contributed by atoms with Crippen LogP contribution in [-0.4, -0.2) is 75.5 Å². The topological polar surface area (TPSA) is 102 Å². The molecular weight excluding hydrogens is 436 g/mol. The Morgan fingerprint density at radius 3 is 2.03 bits per heavy atom. The zero-order chi connectivity index (χ0) is 24.3. The summed E-state index contributed by atoms with van der Waals surface area (Å²) in [6.07, 6.45) is 0.911. The first-order valence-electron chi connectivity index (χ1n) is 11.0. The molecular formula is C21H42N2O6SSi. The van der Waals surface area contributed by atoms with E-state index in [2.05, 4.69) is 24.4 Å². The number of esters is 2. The predicted molar refractivity (Wildman–Crippen MR) is 125 cm³/mol. The fourth-order valence-electron chi connectivity index (χ4n) is 2.95. The molecule has 0 bridgehead atoms. The van der Waals surface area contributed by atoms with E-state index in [1.807, 2.05) is 25.7 Å². The molecule has 1 heterocycles. The average molecular weight is 479 g/mol. The largest absolute Gasteiger partial charge is 0.459 e. The third-order valence-electron chi connectivity index (χ3n) is 4.65. The maximum Gasteiger partial charge on any atom is 0.324 e. The lowest BCUT2D eigenvalue weighted by atomic mass is 10.0. The number of sulfonamides is 1. The molecule has 2 atom stereocenters. The third-order valence-corrected chi connectivity index (χ3v) is 8.15. The monoisotopic (exact) mass is 478 g/mol. The molecule has 1 rings (SSSR count). The van der Waals surface area contributed by atoms with Crippen molar-refractivity contribution in [1.29, 1.82) is 0 Å². The van der Waals surface area contributed by atoms with E-state index in [0.29, 0.717) is 25.6 Å². The molecule has 1 saturated heterocycles. The van der Waals surface area contributed by atoms with E-state index in [-0.39, 0.29) is 24.2 Å². The Labute approximate surface area is 189 Å². The van der Waals surface area contributed by atoms with Crippen LogP contribution in [0.5, 0.6) is 0 Å². The Morgan fingerprint density at radius 2 is 1.61 bits per heavy atom. The van der Waals surface area contributed by atoms with Gasteiger partial charge in [-0.15, -0.1) is 0 Å². The van der Waals surface area contributed by atoms with Crippen LogP contribution >= 0.6 is 0 Å². The van der Waals surface area contributed by atoms with Crippen molar-refractivity contribution in [3.05, 3.63) is 0 Å². The number of nitrogens with zero attached hydrogens (tertiary/aromatic N) is 1. The Bertz CT molecular complexity index is 734. The van der Waals surface area contributed by atoms with Crippen LogP contribution in [0.15, 0.2) is 0 Å². The Hall–Kier alpha value is -0.973. The van der Waals surface area contributed by atoms with Crippen LogP contribution in [0.25, 0.3) is 0 Å². The molecule has 0 saturated carbocycles. The van der Waals surface area contributed by atoms with E-state index >= 15 is 0 Å². The quantitative estimate of drug-likeness (QED) is 0.380. The molecule has 0 unspecified atom stereocenters. The van der Waals surface area contributed by atoms with Crippen molar-refractivity contribution in [2.45, 2.75) is 103 Å². The Balaban J connectivity index is 2.81. The number of carbonyl (C=O) groups is 2. The summed E-state index contributed by atoms with van der Waals surface area (Å²) in [5, 5.41) is 0. The van der Waals surface area contributed by atoms with Crippen molar-refractivity contribution in [3.8, 4) is 0 Å². The van der Waals surface area contributed by atoms with Gasteiger partial charge in [-0.3, -0.25) is 14.5 Å². The molecule has 0 aromatic heterocycles. The van der Waals surface area contributed by atoms with Gasteiger partial charge in [0, 0.05) is 21.2 Å². The lowest BCUT2D eigenvalue weighted by Gasteiger charge is -2.40. The number of rotatable bonds is 10. The second-order valence-electron chi connectivity index (χ2n) is 11.5. The number of carbonyl (C=O) groups excluding carboxylic acids is 2. The SMILES string of the molecule is CC(C)(C)OC(=O)[C@H](CCN1CC[C@H]1C(=O)OC(C)(C)C)NS(=O)(=O)CC[Si](C)(C)C. The summed E-state index contributed by atoms with van der Waals surface area (Å²) in [6.45, 7) is 18.1. The summed E-state index contributed by atoms with van der Waals surface area (Å²) in [5.74, 6) is -0.895. The summed E-state index contributed by atoms with van der Waals surface area (Å²) in [4.78, 5) is 27.0. The van der Waals surface area contributed by atoms with Gasteiger partial charge in [0.2, 0.25) is 10.0 Å². The Kier molecular flexibility index (Phi) is 9.33. The smallest absolute Gasteiger partial charge is 0.324 e. The first kappa shape index (κ1) is 28.1. The van der Waals surface area contributed by atoms with Gasteiger partial charge in [-0.05, 0) is 60.4 Å². The van der Waals surface area contributed by atoms with Gasteiger partial charge in [0.25, 0.3) is 0 Å². The standard InChI is InChI=1S/C21H42N2O6SSi/c1-20(2,3)28-18(24)16(22-30(26,27)14-15-31(7,8)9)10-12-23-13-11-17(23)19(25)29-21(4,5)6/h16-17,22H,10-15H2,1-9H3/t16-,17-/m0/s1. The van der Waals surface area contributed by atoms with Gasteiger partial charge in [-0.2, -0.15) is 0 Å². The molecule has 0 spiro atoms. The first-order chi connectivity index (χ1) is 13.8. The summed E-state index contributed by atoms with van der Waals surface area (Å²) in [6, 6.07) is -0.747. The molecule has 1 aliphatic rings. The van der Waals surface area contributed by atoms with Crippen molar-refractivity contribution >= 4 is 30.0 Å². The molecule has 182 valence electrons. The molecule has 0 aromatic carbocycles. The highest BCUT2D eigenvalue weighted by molar-refractivity contribution is 7.89. The van der Waals surface area contributed by atoms with E-state index < -0.39 is 41.3 Å². The van der Waals surface area contributed by atoms with Crippen molar-refractivity contribution in [1.82, 2.24) is 9.62 Å². The minimum absolute atomic E-state index is 0.00767. The third kappa shape index (κ3) is 11.5. The molecule has 1 fully saturated rings. The molecule has 0 aliphatic carbocycles. The van der Waals surface area contributed by atoms with Crippen LogP contribution in [0.1, 0.15) is 54.4 Å². The number of hydrogen-bond acceptors (Lipinski definition) is 7. The van der Waals surface area contributed by atoms with Crippen LogP contribution in [-0.2, 0) is 29.1 Å². The lowest BCUT2D eigenvalue weighted by Crippen LogP contribution is -2.55. The van der Waals surface area contributed by atoms with Crippen LogP contribution in [0.3, 0.4) is 0 Å². The van der Waals surface area contributed by atoms with E-state index in [1.54, 1.807) is 20.8 Å². The van der Waals surface area contributed by atoms with Gasteiger partial charge in [0.1, 0.15) is 23.3 Å². The normalized spacial score (nSPS) is 19.5. The van der Waals surface area contributed by atoms with Crippen LogP contribution in [0.4, 0.5) is 0 Å². The fourth-order valence-corrected chi connectivity index (χ4v) is 7.24. The predicted octanol–water partition coefficient (Wildman–Crippen LogP) is 2.76. The zero-order valence-corrected chi connectivity index (χ0v) is 22.5. The Morgan fingerprint density at radius 1 is 1.06 bits per heavy atom. The molecule has 8 nitrogen and oxygen atoms in total. The van der Waals surface area contributed by atoms with Gasteiger partial charge in [0.05, 0.1) is 5.75 Å². The van der Waals surface area contributed by atoms with Crippen LogP contribution < -0.4 is 4.72 Å². The molecule has 0 amide bonds. The van der Waals surface area contributed by atoms with Crippen molar-refractivity contribution in [2.75, 3.05) is 18.8 Å². The van der Waals surface area contributed by atoms with E-state index in [9.17, 15) is 18.0 Å². The second-order valence-corrected chi connectivity index (χ2v) is 19.0.